The molecule has 2 heterocycles. The third-order valence-electron chi connectivity index (χ3n) is 6.23. The summed E-state index contributed by atoms with van der Waals surface area (Å²) in [6, 6.07) is 6.42. The zero-order valence-electron chi connectivity index (χ0n) is 18.6. The number of hydrogen-bond donors (Lipinski definition) is 1. The molecule has 1 aromatic rings. The quantitative estimate of drug-likeness (QED) is 0.722. The van der Waals surface area contributed by atoms with Gasteiger partial charge in [0, 0.05) is 43.2 Å². The van der Waals surface area contributed by atoms with Crippen LogP contribution >= 0.6 is 11.6 Å². The summed E-state index contributed by atoms with van der Waals surface area (Å²) in [5.74, 6) is 0.242. The lowest BCUT2D eigenvalue weighted by molar-refractivity contribution is -0.139. The molecule has 6 nitrogen and oxygen atoms in total. The highest BCUT2D eigenvalue weighted by molar-refractivity contribution is 6.30. The van der Waals surface area contributed by atoms with Gasteiger partial charge in [0.1, 0.15) is 6.04 Å². The summed E-state index contributed by atoms with van der Waals surface area (Å²) in [4.78, 5) is 42.4. The fraction of sp³-hybridized carbons (Fsp3) is 0.625. The van der Waals surface area contributed by atoms with Gasteiger partial charge in [0.2, 0.25) is 11.8 Å². The maximum absolute atomic E-state index is 13.3. The average molecular weight is 448 g/mol. The first-order chi connectivity index (χ1) is 14.8. The number of piperidine rings is 2. The van der Waals surface area contributed by atoms with Crippen LogP contribution in [0.5, 0.6) is 0 Å². The van der Waals surface area contributed by atoms with E-state index in [0.717, 1.165) is 32.4 Å². The Balaban J connectivity index is 1.65. The largest absolute Gasteiger partial charge is 0.344 e. The molecule has 1 unspecified atom stereocenters. The summed E-state index contributed by atoms with van der Waals surface area (Å²) in [5, 5.41) is 3.65. The third-order valence-corrected chi connectivity index (χ3v) is 6.49. The Labute approximate surface area is 190 Å². The number of nitrogens with one attached hydrogen (secondary N) is 1. The van der Waals surface area contributed by atoms with Crippen molar-refractivity contribution in [1.29, 1.82) is 0 Å². The molecule has 3 rings (SSSR count). The fourth-order valence-corrected chi connectivity index (χ4v) is 4.63. The van der Waals surface area contributed by atoms with Gasteiger partial charge in [-0.2, -0.15) is 0 Å². The molecule has 3 amide bonds. The van der Waals surface area contributed by atoms with Crippen molar-refractivity contribution < 1.29 is 14.4 Å². The van der Waals surface area contributed by atoms with E-state index in [9.17, 15) is 14.4 Å². The Bertz CT molecular complexity index is 767. The molecule has 0 saturated carbocycles. The highest BCUT2D eigenvalue weighted by Crippen LogP contribution is 2.25. The SMILES string of the molecule is CC(C)CC(=O)NC(C(=O)N1CCCCC1)C1CCN(C(=O)c2ccc(Cl)cc2)CC1. The molecule has 31 heavy (non-hydrogen) atoms. The summed E-state index contributed by atoms with van der Waals surface area (Å²) in [6.45, 7) is 6.70. The molecule has 2 fully saturated rings. The molecule has 7 heteroatoms. The summed E-state index contributed by atoms with van der Waals surface area (Å²) >= 11 is 5.93. The first-order valence-corrected chi connectivity index (χ1v) is 11.9. The summed E-state index contributed by atoms with van der Waals surface area (Å²) in [7, 11) is 0. The molecule has 170 valence electrons. The van der Waals surface area contributed by atoms with Crippen molar-refractivity contribution in [2.24, 2.45) is 11.8 Å². The van der Waals surface area contributed by atoms with E-state index in [0.29, 0.717) is 42.9 Å². The normalized spacial score (nSPS) is 18.7. The molecule has 0 bridgehead atoms. The molecule has 0 spiro atoms. The second-order valence-electron chi connectivity index (χ2n) is 9.17. The Kier molecular flexibility index (Phi) is 8.35. The maximum Gasteiger partial charge on any atom is 0.253 e. The summed E-state index contributed by atoms with van der Waals surface area (Å²) < 4.78 is 0. The van der Waals surface area contributed by atoms with Crippen LogP contribution in [0, 0.1) is 11.8 Å². The lowest BCUT2D eigenvalue weighted by atomic mass is 9.87. The number of halogens is 1. The Morgan fingerprint density at radius 2 is 1.58 bits per heavy atom. The third kappa shape index (κ3) is 6.45. The number of carbonyl (C=O) groups is 3. The van der Waals surface area contributed by atoms with Crippen molar-refractivity contribution in [3.05, 3.63) is 34.9 Å². The van der Waals surface area contributed by atoms with Gasteiger partial charge in [-0.05, 0) is 68.2 Å². The van der Waals surface area contributed by atoms with E-state index >= 15 is 0 Å². The van der Waals surface area contributed by atoms with Crippen molar-refractivity contribution in [3.63, 3.8) is 0 Å². The minimum atomic E-state index is -0.503. The molecule has 2 aliphatic rings. The second-order valence-corrected chi connectivity index (χ2v) is 9.60. The molecule has 2 aliphatic heterocycles. The monoisotopic (exact) mass is 447 g/mol. The van der Waals surface area contributed by atoms with Gasteiger partial charge in [0.15, 0.2) is 0 Å². The van der Waals surface area contributed by atoms with Crippen molar-refractivity contribution >= 4 is 29.3 Å². The number of rotatable bonds is 6. The molecule has 2 saturated heterocycles. The summed E-state index contributed by atoms with van der Waals surface area (Å²) in [5.41, 5.74) is 0.619. The standard InChI is InChI=1S/C24H34ClN3O3/c1-17(2)16-21(29)26-22(24(31)27-12-4-3-5-13-27)18-10-14-28(15-11-18)23(30)19-6-8-20(25)9-7-19/h6-9,17-18,22H,3-5,10-16H2,1-2H3,(H,26,29). The van der Waals surface area contributed by atoms with Gasteiger partial charge >= 0.3 is 0 Å². The molecule has 1 aromatic carbocycles. The van der Waals surface area contributed by atoms with Crippen molar-refractivity contribution in [2.45, 2.75) is 58.4 Å². The average Bonchev–Trinajstić information content (AvgIpc) is 2.77. The lowest BCUT2D eigenvalue weighted by Gasteiger charge is -2.38. The number of hydrogen-bond acceptors (Lipinski definition) is 3. The first kappa shape index (κ1) is 23.6. The topological polar surface area (TPSA) is 69.7 Å². The van der Waals surface area contributed by atoms with Crippen LogP contribution in [0.1, 0.15) is 62.7 Å². The van der Waals surface area contributed by atoms with Crippen molar-refractivity contribution in [1.82, 2.24) is 15.1 Å². The van der Waals surface area contributed by atoms with Crippen molar-refractivity contribution in [3.8, 4) is 0 Å². The highest BCUT2D eigenvalue weighted by Gasteiger charge is 2.36. The predicted octanol–water partition coefficient (Wildman–Crippen LogP) is 3.74. The Morgan fingerprint density at radius 3 is 2.16 bits per heavy atom. The molecular formula is C24H34ClN3O3. The van der Waals surface area contributed by atoms with Gasteiger partial charge in [-0.15, -0.1) is 0 Å². The van der Waals surface area contributed by atoms with Crippen LogP contribution < -0.4 is 5.32 Å². The minimum absolute atomic E-state index is 0.0159. The zero-order chi connectivity index (χ0) is 22.4. The molecule has 0 aliphatic carbocycles. The van der Waals surface area contributed by atoms with E-state index in [1.165, 1.54) is 0 Å². The highest BCUT2D eigenvalue weighted by atomic mass is 35.5. The van der Waals surface area contributed by atoms with Crippen molar-refractivity contribution in [2.75, 3.05) is 26.2 Å². The smallest absolute Gasteiger partial charge is 0.253 e. The Hall–Kier alpha value is -2.08. The van der Waals surface area contributed by atoms with E-state index in [2.05, 4.69) is 5.32 Å². The van der Waals surface area contributed by atoms with Gasteiger partial charge in [-0.3, -0.25) is 14.4 Å². The number of carbonyl (C=O) groups excluding carboxylic acids is 3. The van der Waals surface area contributed by atoms with E-state index in [4.69, 9.17) is 11.6 Å². The first-order valence-electron chi connectivity index (χ1n) is 11.5. The van der Waals surface area contributed by atoms with Gasteiger partial charge in [0.05, 0.1) is 0 Å². The van der Waals surface area contributed by atoms with Crippen LogP contribution in [0.15, 0.2) is 24.3 Å². The predicted molar refractivity (Wildman–Crippen MR) is 122 cm³/mol. The van der Waals surface area contributed by atoms with Gasteiger partial charge < -0.3 is 15.1 Å². The fourth-order valence-electron chi connectivity index (χ4n) is 4.51. The number of nitrogens with zero attached hydrogens (tertiary/aromatic N) is 2. The molecule has 1 N–H and O–H groups in total. The van der Waals surface area contributed by atoms with Crippen LogP contribution in [0.2, 0.25) is 5.02 Å². The van der Waals surface area contributed by atoms with Gasteiger partial charge in [0.25, 0.3) is 5.91 Å². The number of likely N-dealkylation sites (tertiary alicyclic amines) is 2. The van der Waals surface area contributed by atoms with Crippen LogP contribution in [-0.2, 0) is 9.59 Å². The second kappa shape index (κ2) is 11.0. The molecule has 0 radical (unpaired) electrons. The number of benzene rings is 1. The van der Waals surface area contributed by atoms with Crippen LogP contribution in [0.3, 0.4) is 0 Å². The maximum atomic E-state index is 13.3. The zero-order valence-corrected chi connectivity index (χ0v) is 19.4. The van der Waals surface area contributed by atoms with Crippen LogP contribution in [0.4, 0.5) is 0 Å². The van der Waals surface area contributed by atoms with Gasteiger partial charge in [-0.1, -0.05) is 25.4 Å². The molecule has 1 atom stereocenters. The van der Waals surface area contributed by atoms with Gasteiger partial charge in [-0.25, -0.2) is 0 Å². The number of amides is 3. The minimum Gasteiger partial charge on any atom is -0.344 e. The molecular weight excluding hydrogens is 414 g/mol. The lowest BCUT2D eigenvalue weighted by Crippen LogP contribution is -2.55. The van der Waals surface area contributed by atoms with Crippen LogP contribution in [0.25, 0.3) is 0 Å². The van der Waals surface area contributed by atoms with E-state index < -0.39 is 6.04 Å². The van der Waals surface area contributed by atoms with Crippen LogP contribution in [-0.4, -0.2) is 59.7 Å². The molecule has 0 aromatic heterocycles. The van der Waals surface area contributed by atoms with E-state index in [1.54, 1.807) is 24.3 Å². The van der Waals surface area contributed by atoms with E-state index in [-0.39, 0.29) is 29.6 Å². The summed E-state index contributed by atoms with van der Waals surface area (Å²) in [6.07, 6.45) is 5.01. The Morgan fingerprint density at radius 1 is 0.968 bits per heavy atom. The van der Waals surface area contributed by atoms with E-state index in [1.807, 2.05) is 23.6 Å².